The van der Waals surface area contributed by atoms with E-state index in [-0.39, 0.29) is 11.5 Å². The van der Waals surface area contributed by atoms with Crippen LogP contribution in [-0.2, 0) is 5.41 Å². The van der Waals surface area contributed by atoms with Crippen molar-refractivity contribution in [3.63, 3.8) is 0 Å². The third-order valence-electron chi connectivity index (χ3n) is 3.14. The van der Waals surface area contributed by atoms with Crippen LogP contribution >= 0.6 is 0 Å². The largest absolute Gasteiger partial charge is 0.392 e. The zero-order valence-corrected chi connectivity index (χ0v) is 8.32. The molecule has 0 bridgehead atoms. The first-order chi connectivity index (χ1) is 6.77. The van der Waals surface area contributed by atoms with E-state index in [1.807, 2.05) is 6.07 Å². The van der Waals surface area contributed by atoms with Crippen LogP contribution in [0.5, 0.6) is 0 Å². The van der Waals surface area contributed by atoms with Gasteiger partial charge in [-0.2, -0.15) is 0 Å². The van der Waals surface area contributed by atoms with Gasteiger partial charge in [-0.25, -0.2) is 0 Å². The molecule has 1 aromatic rings. The Balaban J connectivity index is 2.10. The number of hydrogen-bond donors (Lipinski definition) is 2. The average Bonchev–Trinajstić information content (AvgIpc) is 3.00. The van der Waals surface area contributed by atoms with E-state index in [1.165, 1.54) is 18.4 Å². The van der Waals surface area contributed by atoms with Crippen molar-refractivity contribution >= 4 is 0 Å². The monoisotopic (exact) mass is 191 g/mol. The summed E-state index contributed by atoms with van der Waals surface area (Å²) < 4.78 is 0. The van der Waals surface area contributed by atoms with Crippen LogP contribution < -0.4 is 5.73 Å². The summed E-state index contributed by atoms with van der Waals surface area (Å²) >= 11 is 0. The van der Waals surface area contributed by atoms with Crippen molar-refractivity contribution in [3.8, 4) is 0 Å². The van der Waals surface area contributed by atoms with Gasteiger partial charge in [-0.05, 0) is 30.2 Å². The molecule has 1 aliphatic rings. The van der Waals surface area contributed by atoms with Crippen LogP contribution in [-0.4, -0.2) is 17.8 Å². The average molecular weight is 191 g/mol. The molecule has 0 heterocycles. The molecule has 0 aliphatic heterocycles. The Hall–Kier alpha value is -0.860. The molecule has 0 spiro atoms. The van der Waals surface area contributed by atoms with Crippen LogP contribution in [0.1, 0.15) is 24.8 Å². The fourth-order valence-corrected chi connectivity index (χ4v) is 2.09. The molecule has 2 heteroatoms. The molecule has 1 saturated carbocycles. The minimum absolute atomic E-state index is 0.236. The summed E-state index contributed by atoms with van der Waals surface area (Å²) in [6.07, 6.45) is 2.84. The Kier molecular flexibility index (Phi) is 2.57. The van der Waals surface area contributed by atoms with Crippen molar-refractivity contribution in [3.05, 3.63) is 35.9 Å². The highest BCUT2D eigenvalue weighted by Crippen LogP contribution is 2.51. The van der Waals surface area contributed by atoms with E-state index < -0.39 is 0 Å². The van der Waals surface area contributed by atoms with E-state index in [9.17, 15) is 5.11 Å². The topological polar surface area (TPSA) is 46.2 Å². The SMILES string of the molecule is NCC(O)CC1(c2ccccc2)CC1. The summed E-state index contributed by atoms with van der Waals surface area (Å²) in [5, 5.41) is 9.57. The number of aliphatic hydroxyl groups is 1. The van der Waals surface area contributed by atoms with Crippen LogP contribution in [0.3, 0.4) is 0 Å². The predicted octanol–water partition coefficient (Wildman–Crippen LogP) is 1.43. The molecule has 0 amide bonds. The second-order valence-electron chi connectivity index (χ2n) is 4.24. The van der Waals surface area contributed by atoms with Gasteiger partial charge in [0.1, 0.15) is 0 Å². The summed E-state index contributed by atoms with van der Waals surface area (Å²) in [5.41, 5.74) is 7.03. The summed E-state index contributed by atoms with van der Waals surface area (Å²) in [6, 6.07) is 10.4. The summed E-state index contributed by atoms with van der Waals surface area (Å²) in [4.78, 5) is 0. The number of rotatable bonds is 4. The lowest BCUT2D eigenvalue weighted by Crippen LogP contribution is -2.25. The molecule has 2 nitrogen and oxygen atoms in total. The normalized spacial score (nSPS) is 20.4. The Labute approximate surface area is 84.7 Å². The minimum Gasteiger partial charge on any atom is -0.392 e. The van der Waals surface area contributed by atoms with Crippen molar-refractivity contribution in [2.75, 3.05) is 6.54 Å². The Morgan fingerprint density at radius 1 is 1.29 bits per heavy atom. The van der Waals surface area contributed by atoms with Crippen molar-refractivity contribution in [2.45, 2.75) is 30.8 Å². The standard InChI is InChI=1S/C12H17NO/c13-9-11(14)8-12(6-7-12)10-4-2-1-3-5-10/h1-5,11,14H,6-9,13H2. The van der Waals surface area contributed by atoms with Crippen LogP contribution in [0, 0.1) is 0 Å². The molecule has 0 radical (unpaired) electrons. The zero-order valence-electron chi connectivity index (χ0n) is 8.32. The van der Waals surface area contributed by atoms with Gasteiger partial charge >= 0.3 is 0 Å². The molecule has 1 fully saturated rings. The number of hydrogen-bond acceptors (Lipinski definition) is 2. The second kappa shape index (κ2) is 3.71. The minimum atomic E-state index is -0.349. The predicted molar refractivity (Wildman–Crippen MR) is 57.0 cm³/mol. The molecule has 1 aliphatic carbocycles. The van der Waals surface area contributed by atoms with Crippen LogP contribution in [0.15, 0.2) is 30.3 Å². The van der Waals surface area contributed by atoms with Gasteiger partial charge in [0.2, 0.25) is 0 Å². The molecule has 1 unspecified atom stereocenters. The highest BCUT2D eigenvalue weighted by atomic mass is 16.3. The molecule has 2 rings (SSSR count). The van der Waals surface area contributed by atoms with Gasteiger partial charge in [0.05, 0.1) is 6.10 Å². The van der Waals surface area contributed by atoms with E-state index >= 15 is 0 Å². The second-order valence-corrected chi connectivity index (χ2v) is 4.24. The lowest BCUT2D eigenvalue weighted by molar-refractivity contribution is 0.159. The van der Waals surface area contributed by atoms with Gasteiger partial charge < -0.3 is 10.8 Å². The first-order valence-corrected chi connectivity index (χ1v) is 5.20. The number of aliphatic hydroxyl groups excluding tert-OH is 1. The molecule has 1 atom stereocenters. The van der Waals surface area contributed by atoms with Crippen molar-refractivity contribution in [1.82, 2.24) is 0 Å². The smallest absolute Gasteiger partial charge is 0.0670 e. The molecule has 0 aromatic heterocycles. The lowest BCUT2D eigenvalue weighted by Gasteiger charge is -2.18. The maximum absolute atomic E-state index is 9.57. The fourth-order valence-electron chi connectivity index (χ4n) is 2.09. The Bertz CT molecular complexity index is 292. The van der Waals surface area contributed by atoms with Crippen LogP contribution in [0.4, 0.5) is 0 Å². The summed E-state index contributed by atoms with van der Waals surface area (Å²) in [6.45, 7) is 0.370. The third-order valence-corrected chi connectivity index (χ3v) is 3.14. The zero-order chi connectivity index (χ0) is 10.0. The quantitative estimate of drug-likeness (QED) is 0.756. The van der Waals surface area contributed by atoms with Gasteiger partial charge in [-0.15, -0.1) is 0 Å². The number of nitrogens with two attached hydrogens (primary N) is 1. The molecule has 1 aromatic carbocycles. The van der Waals surface area contributed by atoms with Gasteiger partial charge in [0.25, 0.3) is 0 Å². The molecule has 14 heavy (non-hydrogen) atoms. The van der Waals surface area contributed by atoms with Crippen molar-refractivity contribution < 1.29 is 5.11 Å². The van der Waals surface area contributed by atoms with E-state index in [4.69, 9.17) is 5.73 Å². The highest BCUT2D eigenvalue weighted by molar-refractivity contribution is 5.31. The maximum atomic E-state index is 9.57. The van der Waals surface area contributed by atoms with Gasteiger partial charge in [0.15, 0.2) is 0 Å². The van der Waals surface area contributed by atoms with Gasteiger partial charge in [-0.1, -0.05) is 30.3 Å². The third kappa shape index (κ3) is 1.81. The molecular formula is C12H17NO. The first-order valence-electron chi connectivity index (χ1n) is 5.20. The van der Waals surface area contributed by atoms with Crippen molar-refractivity contribution in [2.24, 2.45) is 5.73 Å². The van der Waals surface area contributed by atoms with Crippen LogP contribution in [0.2, 0.25) is 0 Å². The Morgan fingerprint density at radius 3 is 2.43 bits per heavy atom. The molecule has 76 valence electrons. The van der Waals surface area contributed by atoms with E-state index in [1.54, 1.807) is 0 Å². The maximum Gasteiger partial charge on any atom is 0.0670 e. The van der Waals surface area contributed by atoms with E-state index in [2.05, 4.69) is 24.3 Å². The van der Waals surface area contributed by atoms with Gasteiger partial charge in [0, 0.05) is 6.54 Å². The molecule has 3 N–H and O–H groups in total. The Morgan fingerprint density at radius 2 is 1.93 bits per heavy atom. The van der Waals surface area contributed by atoms with E-state index in [0.29, 0.717) is 6.54 Å². The van der Waals surface area contributed by atoms with Crippen LogP contribution in [0.25, 0.3) is 0 Å². The molecule has 0 saturated heterocycles. The first kappa shape index (κ1) is 9.69. The van der Waals surface area contributed by atoms with Gasteiger partial charge in [-0.3, -0.25) is 0 Å². The summed E-state index contributed by atoms with van der Waals surface area (Å²) in [5.74, 6) is 0. The number of benzene rings is 1. The van der Waals surface area contributed by atoms with Crippen molar-refractivity contribution in [1.29, 1.82) is 0 Å². The lowest BCUT2D eigenvalue weighted by atomic mass is 9.90. The molecular weight excluding hydrogens is 174 g/mol. The van der Waals surface area contributed by atoms with E-state index in [0.717, 1.165) is 6.42 Å². The fraction of sp³-hybridized carbons (Fsp3) is 0.500. The summed E-state index contributed by atoms with van der Waals surface area (Å²) in [7, 11) is 0. The highest BCUT2D eigenvalue weighted by Gasteiger charge is 2.44.